The second-order valence-electron chi connectivity index (χ2n) is 5.56. The molecule has 0 saturated heterocycles. The van der Waals surface area contributed by atoms with Crippen molar-refractivity contribution in [2.75, 3.05) is 13.7 Å². The van der Waals surface area contributed by atoms with E-state index in [2.05, 4.69) is 34.3 Å². The number of ether oxygens (including phenoxy) is 1. The van der Waals surface area contributed by atoms with E-state index >= 15 is 0 Å². The average molecular weight is 286 g/mol. The normalized spacial score (nSPS) is 16.0. The first-order valence-electron chi connectivity index (χ1n) is 7.24. The molecule has 1 aliphatic rings. The van der Waals surface area contributed by atoms with Crippen LogP contribution in [0.2, 0.25) is 0 Å². The van der Waals surface area contributed by atoms with E-state index in [0.29, 0.717) is 6.54 Å². The van der Waals surface area contributed by atoms with Crippen LogP contribution in [-0.2, 0) is 20.1 Å². The lowest BCUT2D eigenvalue weighted by atomic mass is 10.1. The van der Waals surface area contributed by atoms with Crippen molar-refractivity contribution in [1.82, 2.24) is 14.7 Å². The van der Waals surface area contributed by atoms with Crippen LogP contribution in [0.5, 0.6) is 5.88 Å². The van der Waals surface area contributed by atoms with E-state index < -0.39 is 0 Å². The molecule has 112 valence electrons. The summed E-state index contributed by atoms with van der Waals surface area (Å²) in [5.74, 6) is 0.805. The fourth-order valence-corrected chi connectivity index (χ4v) is 3.31. The molecular formula is C16H22N4O. The highest BCUT2D eigenvalue weighted by atomic mass is 16.5. The monoisotopic (exact) mass is 286 g/mol. The largest absolute Gasteiger partial charge is 0.481 e. The van der Waals surface area contributed by atoms with Crippen LogP contribution in [0.25, 0.3) is 0 Å². The third-order valence-electron chi connectivity index (χ3n) is 4.27. The Bertz CT molecular complexity index is 625. The van der Waals surface area contributed by atoms with Gasteiger partial charge in [0, 0.05) is 26.7 Å². The third kappa shape index (κ3) is 2.32. The number of aromatic nitrogens is 2. The van der Waals surface area contributed by atoms with Crippen molar-refractivity contribution >= 4 is 0 Å². The topological polar surface area (TPSA) is 56.3 Å². The van der Waals surface area contributed by atoms with Crippen molar-refractivity contribution in [3.05, 3.63) is 46.6 Å². The number of nitrogens with zero attached hydrogens (tertiary/aromatic N) is 3. The molecule has 1 unspecified atom stereocenters. The van der Waals surface area contributed by atoms with Gasteiger partial charge in [0.2, 0.25) is 5.88 Å². The first-order valence-corrected chi connectivity index (χ1v) is 7.24. The molecule has 0 fully saturated rings. The summed E-state index contributed by atoms with van der Waals surface area (Å²) in [4.78, 5) is 2.40. The van der Waals surface area contributed by atoms with Gasteiger partial charge in [-0.25, -0.2) is 4.68 Å². The molecule has 3 rings (SSSR count). The van der Waals surface area contributed by atoms with E-state index in [1.54, 1.807) is 11.8 Å². The molecule has 1 atom stereocenters. The molecule has 0 bridgehead atoms. The van der Waals surface area contributed by atoms with Crippen LogP contribution in [-0.4, -0.2) is 28.3 Å². The summed E-state index contributed by atoms with van der Waals surface area (Å²) in [6.45, 7) is 4.42. The van der Waals surface area contributed by atoms with E-state index in [4.69, 9.17) is 10.5 Å². The number of hydrogen-bond acceptors (Lipinski definition) is 4. The molecule has 0 saturated carbocycles. The van der Waals surface area contributed by atoms with Crippen LogP contribution >= 0.6 is 0 Å². The Balaban J connectivity index is 1.94. The summed E-state index contributed by atoms with van der Waals surface area (Å²) in [6, 6.07) is 8.69. The standard InChI is InChI=1S/C16H22N4O/c1-11-15(16(21-3)19(2)18-11)14(8-17)20-9-12-6-4-5-7-13(12)10-20/h4-7,14H,8-10,17H2,1-3H3. The average Bonchev–Trinajstić information content (AvgIpc) is 3.01. The lowest BCUT2D eigenvalue weighted by molar-refractivity contribution is 0.200. The van der Waals surface area contributed by atoms with Crippen LogP contribution in [0.4, 0.5) is 0 Å². The van der Waals surface area contributed by atoms with Crippen LogP contribution in [0.3, 0.4) is 0 Å². The predicted molar refractivity (Wildman–Crippen MR) is 82.0 cm³/mol. The van der Waals surface area contributed by atoms with Gasteiger partial charge in [0.15, 0.2) is 0 Å². The van der Waals surface area contributed by atoms with Gasteiger partial charge in [-0.3, -0.25) is 4.90 Å². The molecule has 2 aromatic rings. The van der Waals surface area contributed by atoms with Crippen LogP contribution in [0.15, 0.2) is 24.3 Å². The molecule has 0 spiro atoms. The lowest BCUT2D eigenvalue weighted by Crippen LogP contribution is -2.30. The van der Waals surface area contributed by atoms with E-state index in [1.165, 1.54) is 11.1 Å². The maximum Gasteiger partial charge on any atom is 0.216 e. The van der Waals surface area contributed by atoms with Gasteiger partial charge in [-0.05, 0) is 18.1 Å². The molecule has 21 heavy (non-hydrogen) atoms. The molecule has 5 heteroatoms. The highest BCUT2D eigenvalue weighted by molar-refractivity contribution is 5.37. The first kappa shape index (κ1) is 14.1. The van der Waals surface area contributed by atoms with Crippen LogP contribution in [0, 0.1) is 6.92 Å². The second-order valence-corrected chi connectivity index (χ2v) is 5.56. The molecule has 0 aliphatic carbocycles. The molecule has 0 radical (unpaired) electrons. The van der Waals surface area contributed by atoms with Gasteiger partial charge in [0.1, 0.15) is 0 Å². The van der Waals surface area contributed by atoms with Gasteiger partial charge in [-0.2, -0.15) is 5.10 Å². The summed E-state index contributed by atoms with van der Waals surface area (Å²) < 4.78 is 7.32. The van der Waals surface area contributed by atoms with Crippen molar-refractivity contribution in [2.45, 2.75) is 26.1 Å². The number of benzene rings is 1. The zero-order valence-corrected chi connectivity index (χ0v) is 12.8. The summed E-state index contributed by atoms with van der Waals surface area (Å²) in [5, 5.41) is 4.48. The zero-order valence-electron chi connectivity index (χ0n) is 12.8. The SMILES string of the molecule is COc1c(C(CN)N2Cc3ccccc3C2)c(C)nn1C. The number of methoxy groups -OCH3 is 1. The van der Waals surface area contributed by atoms with Gasteiger partial charge in [-0.15, -0.1) is 0 Å². The van der Waals surface area contributed by atoms with Gasteiger partial charge < -0.3 is 10.5 Å². The van der Waals surface area contributed by atoms with Crippen molar-refractivity contribution in [3.8, 4) is 5.88 Å². The molecule has 2 heterocycles. The minimum absolute atomic E-state index is 0.126. The summed E-state index contributed by atoms with van der Waals surface area (Å²) in [6.07, 6.45) is 0. The van der Waals surface area contributed by atoms with E-state index in [1.807, 2.05) is 14.0 Å². The van der Waals surface area contributed by atoms with E-state index in [0.717, 1.165) is 30.2 Å². The summed E-state index contributed by atoms with van der Waals surface area (Å²) >= 11 is 0. The molecule has 2 N–H and O–H groups in total. The Hall–Kier alpha value is -1.85. The Morgan fingerprint density at radius 2 is 1.90 bits per heavy atom. The zero-order chi connectivity index (χ0) is 15.0. The maximum atomic E-state index is 6.09. The van der Waals surface area contributed by atoms with Crippen molar-refractivity contribution in [1.29, 1.82) is 0 Å². The minimum atomic E-state index is 0.126. The van der Waals surface area contributed by atoms with Gasteiger partial charge in [-0.1, -0.05) is 24.3 Å². The smallest absolute Gasteiger partial charge is 0.216 e. The van der Waals surface area contributed by atoms with Crippen molar-refractivity contribution < 1.29 is 4.74 Å². The Morgan fingerprint density at radius 3 is 2.43 bits per heavy atom. The van der Waals surface area contributed by atoms with Crippen LogP contribution < -0.4 is 10.5 Å². The number of fused-ring (bicyclic) bond motifs is 1. The van der Waals surface area contributed by atoms with Crippen molar-refractivity contribution in [2.24, 2.45) is 12.8 Å². The summed E-state index contributed by atoms with van der Waals surface area (Å²) in [5.41, 5.74) is 11.0. The molecule has 5 nitrogen and oxygen atoms in total. The Kier molecular flexibility index (Phi) is 3.69. The van der Waals surface area contributed by atoms with Gasteiger partial charge in [0.25, 0.3) is 0 Å². The molecule has 1 aliphatic heterocycles. The fraction of sp³-hybridized carbons (Fsp3) is 0.438. The number of hydrogen-bond donors (Lipinski definition) is 1. The fourth-order valence-electron chi connectivity index (χ4n) is 3.31. The van der Waals surface area contributed by atoms with Gasteiger partial charge in [0.05, 0.1) is 24.4 Å². The highest BCUT2D eigenvalue weighted by Crippen LogP contribution is 2.36. The Morgan fingerprint density at radius 1 is 1.29 bits per heavy atom. The predicted octanol–water partition coefficient (Wildman–Crippen LogP) is 1.75. The van der Waals surface area contributed by atoms with E-state index in [-0.39, 0.29) is 6.04 Å². The first-order chi connectivity index (χ1) is 10.2. The molecule has 0 amide bonds. The molecule has 1 aromatic heterocycles. The van der Waals surface area contributed by atoms with Crippen LogP contribution in [0.1, 0.15) is 28.4 Å². The summed E-state index contributed by atoms with van der Waals surface area (Å²) in [7, 11) is 3.59. The third-order valence-corrected chi connectivity index (χ3v) is 4.27. The quantitative estimate of drug-likeness (QED) is 0.930. The van der Waals surface area contributed by atoms with Gasteiger partial charge >= 0.3 is 0 Å². The molecular weight excluding hydrogens is 264 g/mol. The molecule has 1 aromatic carbocycles. The highest BCUT2D eigenvalue weighted by Gasteiger charge is 2.31. The lowest BCUT2D eigenvalue weighted by Gasteiger charge is -2.26. The van der Waals surface area contributed by atoms with Crippen molar-refractivity contribution in [3.63, 3.8) is 0 Å². The number of nitrogens with two attached hydrogens (primary N) is 1. The number of aryl methyl sites for hydroxylation is 2. The maximum absolute atomic E-state index is 6.09. The van der Waals surface area contributed by atoms with E-state index in [9.17, 15) is 0 Å². The Labute approximate surface area is 125 Å². The number of rotatable bonds is 4. The minimum Gasteiger partial charge on any atom is -0.481 e. The second kappa shape index (κ2) is 5.50.